The Kier molecular flexibility index (Phi) is 3.87. The van der Waals surface area contributed by atoms with E-state index in [1.165, 1.54) is 0 Å². The lowest BCUT2D eigenvalue weighted by atomic mass is 9.97. The first-order valence-electron chi connectivity index (χ1n) is 6.23. The van der Waals surface area contributed by atoms with Crippen LogP contribution in [0, 0.1) is 12.8 Å². The number of nitrogens with zero attached hydrogens (tertiary/aromatic N) is 3. The molecule has 0 bridgehead atoms. The van der Waals surface area contributed by atoms with Crippen LogP contribution in [0.1, 0.15) is 24.1 Å². The van der Waals surface area contributed by atoms with Crippen molar-refractivity contribution in [3.63, 3.8) is 0 Å². The Hall–Kier alpha value is -1.14. The summed E-state index contributed by atoms with van der Waals surface area (Å²) in [6.07, 6.45) is 2.00. The zero-order valence-electron chi connectivity index (χ0n) is 10.9. The van der Waals surface area contributed by atoms with E-state index >= 15 is 0 Å². The largest absolute Gasteiger partial charge is 0.396 e. The third-order valence-electron chi connectivity index (χ3n) is 3.61. The molecule has 0 aliphatic carbocycles. The van der Waals surface area contributed by atoms with Gasteiger partial charge in [-0.2, -0.15) is 5.10 Å². The maximum absolute atomic E-state index is 9.17. The molecule has 2 heterocycles. The van der Waals surface area contributed by atoms with Crippen molar-refractivity contribution in [1.29, 1.82) is 0 Å². The first-order chi connectivity index (χ1) is 8.54. The van der Waals surface area contributed by atoms with E-state index < -0.39 is 0 Å². The van der Waals surface area contributed by atoms with Crippen LogP contribution in [0.2, 0.25) is 0 Å². The molecule has 5 nitrogen and oxygen atoms in total. The van der Waals surface area contributed by atoms with E-state index in [-0.39, 0.29) is 6.61 Å². The molecular weight excluding hydrogens is 248 g/mol. The van der Waals surface area contributed by atoms with Gasteiger partial charge in [-0.3, -0.25) is 4.68 Å². The molecule has 1 fully saturated rings. The summed E-state index contributed by atoms with van der Waals surface area (Å²) in [5.74, 6) is 1.43. The first-order valence-corrected chi connectivity index (χ1v) is 6.64. The van der Waals surface area contributed by atoms with Crippen LogP contribution < -0.4 is 10.6 Å². The van der Waals surface area contributed by atoms with Gasteiger partial charge >= 0.3 is 0 Å². The molecule has 1 aliphatic heterocycles. The quantitative estimate of drug-likeness (QED) is 0.785. The summed E-state index contributed by atoms with van der Waals surface area (Å²) in [5.41, 5.74) is 7.56. The van der Waals surface area contributed by atoms with Crippen LogP contribution in [0.25, 0.3) is 0 Å². The van der Waals surface area contributed by atoms with Crippen LogP contribution in [0.3, 0.4) is 0 Å². The second kappa shape index (κ2) is 5.24. The smallest absolute Gasteiger partial charge is 0.137 e. The third kappa shape index (κ3) is 2.35. The minimum Gasteiger partial charge on any atom is -0.396 e. The van der Waals surface area contributed by atoms with Gasteiger partial charge in [0.15, 0.2) is 0 Å². The standard InChI is InChI=1S/C12H20N4OS/c1-8-10(11(13)18)12(15(2)14-8)16-5-3-9(7-17)4-6-16/h9,17H,3-7H2,1-2H3,(H2,13,18). The van der Waals surface area contributed by atoms with Crippen LogP contribution in [0.4, 0.5) is 5.82 Å². The molecule has 1 aliphatic rings. The molecule has 1 aromatic rings. The predicted octanol–water partition coefficient (Wildman–Crippen LogP) is 0.571. The highest BCUT2D eigenvalue weighted by atomic mass is 32.1. The number of aliphatic hydroxyl groups is 1. The number of aliphatic hydroxyl groups excluding tert-OH is 1. The SMILES string of the molecule is Cc1nn(C)c(N2CCC(CO)CC2)c1C(N)=S. The van der Waals surface area contributed by atoms with Crippen molar-refractivity contribution in [3.05, 3.63) is 11.3 Å². The van der Waals surface area contributed by atoms with Gasteiger partial charge in [-0.15, -0.1) is 0 Å². The predicted molar refractivity (Wildman–Crippen MR) is 75.9 cm³/mol. The number of aromatic nitrogens is 2. The molecule has 3 N–H and O–H groups in total. The molecule has 6 heteroatoms. The average molecular weight is 268 g/mol. The Balaban J connectivity index is 2.26. The molecule has 0 radical (unpaired) electrons. The first kappa shape index (κ1) is 13.3. The topological polar surface area (TPSA) is 67.3 Å². The molecule has 0 atom stereocenters. The number of hydrogen-bond donors (Lipinski definition) is 2. The summed E-state index contributed by atoms with van der Waals surface area (Å²) in [6.45, 7) is 4.04. The van der Waals surface area contributed by atoms with E-state index in [0.29, 0.717) is 10.9 Å². The molecule has 1 saturated heterocycles. The van der Waals surface area contributed by atoms with Gasteiger partial charge in [-0.1, -0.05) is 12.2 Å². The number of nitrogens with two attached hydrogens (primary N) is 1. The highest BCUT2D eigenvalue weighted by Gasteiger charge is 2.25. The van der Waals surface area contributed by atoms with E-state index in [1.54, 1.807) is 0 Å². The van der Waals surface area contributed by atoms with Crippen LogP contribution in [0.5, 0.6) is 0 Å². The Morgan fingerprint density at radius 1 is 1.50 bits per heavy atom. The Morgan fingerprint density at radius 2 is 2.11 bits per heavy atom. The lowest BCUT2D eigenvalue weighted by Gasteiger charge is -2.33. The van der Waals surface area contributed by atoms with Crippen LogP contribution in [-0.4, -0.2) is 39.6 Å². The van der Waals surface area contributed by atoms with Gasteiger partial charge in [0, 0.05) is 26.7 Å². The van der Waals surface area contributed by atoms with E-state index in [1.807, 2.05) is 18.7 Å². The summed E-state index contributed by atoms with van der Waals surface area (Å²) >= 11 is 5.12. The van der Waals surface area contributed by atoms with Gasteiger partial charge in [0.25, 0.3) is 0 Å². The minimum atomic E-state index is 0.278. The molecule has 0 spiro atoms. The lowest BCUT2D eigenvalue weighted by Crippen LogP contribution is -2.37. The Morgan fingerprint density at radius 3 is 2.61 bits per heavy atom. The second-order valence-electron chi connectivity index (χ2n) is 4.88. The van der Waals surface area contributed by atoms with Crippen molar-refractivity contribution in [1.82, 2.24) is 9.78 Å². The van der Waals surface area contributed by atoms with Crippen LogP contribution in [0.15, 0.2) is 0 Å². The van der Waals surface area contributed by atoms with Crippen molar-refractivity contribution in [2.45, 2.75) is 19.8 Å². The minimum absolute atomic E-state index is 0.278. The van der Waals surface area contributed by atoms with Crippen molar-refractivity contribution in [3.8, 4) is 0 Å². The number of thiocarbonyl (C=S) groups is 1. The molecular formula is C12H20N4OS. The maximum Gasteiger partial charge on any atom is 0.137 e. The summed E-state index contributed by atoms with van der Waals surface area (Å²) in [7, 11) is 1.92. The molecule has 18 heavy (non-hydrogen) atoms. The fourth-order valence-electron chi connectivity index (χ4n) is 2.62. The molecule has 0 saturated carbocycles. The number of hydrogen-bond acceptors (Lipinski definition) is 4. The van der Waals surface area contributed by atoms with Crippen molar-refractivity contribution < 1.29 is 5.11 Å². The normalized spacial score (nSPS) is 17.2. The molecule has 0 amide bonds. The van der Waals surface area contributed by atoms with Gasteiger partial charge in [0.2, 0.25) is 0 Å². The highest BCUT2D eigenvalue weighted by molar-refractivity contribution is 7.80. The van der Waals surface area contributed by atoms with Gasteiger partial charge in [0.1, 0.15) is 10.8 Å². The van der Waals surface area contributed by atoms with E-state index in [0.717, 1.165) is 43.0 Å². The van der Waals surface area contributed by atoms with Gasteiger partial charge < -0.3 is 15.7 Å². The lowest BCUT2D eigenvalue weighted by molar-refractivity contribution is 0.202. The molecule has 0 aromatic carbocycles. The summed E-state index contributed by atoms with van der Waals surface area (Å²) in [6, 6.07) is 0. The number of aryl methyl sites for hydroxylation is 2. The van der Waals surface area contributed by atoms with Gasteiger partial charge in [0.05, 0.1) is 11.3 Å². The fraction of sp³-hybridized carbons (Fsp3) is 0.667. The van der Waals surface area contributed by atoms with Crippen LogP contribution in [-0.2, 0) is 7.05 Å². The zero-order chi connectivity index (χ0) is 13.3. The third-order valence-corrected chi connectivity index (χ3v) is 3.81. The molecule has 0 unspecified atom stereocenters. The maximum atomic E-state index is 9.17. The molecule has 2 rings (SSSR count). The average Bonchev–Trinajstić information content (AvgIpc) is 2.64. The van der Waals surface area contributed by atoms with Crippen LogP contribution >= 0.6 is 12.2 Å². The van der Waals surface area contributed by atoms with Gasteiger partial charge in [-0.05, 0) is 25.7 Å². The number of rotatable bonds is 3. The number of anilines is 1. The van der Waals surface area contributed by atoms with E-state index in [9.17, 15) is 5.11 Å². The highest BCUT2D eigenvalue weighted by Crippen LogP contribution is 2.27. The Labute approximate surface area is 113 Å². The Bertz CT molecular complexity index is 449. The van der Waals surface area contributed by atoms with E-state index in [4.69, 9.17) is 18.0 Å². The monoisotopic (exact) mass is 268 g/mol. The second-order valence-corrected chi connectivity index (χ2v) is 5.32. The molecule has 100 valence electrons. The summed E-state index contributed by atoms with van der Waals surface area (Å²) in [4.78, 5) is 2.67. The summed E-state index contributed by atoms with van der Waals surface area (Å²) < 4.78 is 1.85. The fourth-order valence-corrected chi connectivity index (χ4v) is 2.86. The van der Waals surface area contributed by atoms with Crippen molar-refractivity contribution in [2.75, 3.05) is 24.6 Å². The van der Waals surface area contributed by atoms with Crippen molar-refractivity contribution >= 4 is 23.0 Å². The van der Waals surface area contributed by atoms with Gasteiger partial charge in [-0.25, -0.2) is 0 Å². The molecule has 1 aromatic heterocycles. The zero-order valence-corrected chi connectivity index (χ0v) is 11.7. The number of piperidine rings is 1. The summed E-state index contributed by atoms with van der Waals surface area (Å²) in [5, 5.41) is 13.6. The van der Waals surface area contributed by atoms with Crippen molar-refractivity contribution in [2.24, 2.45) is 18.7 Å². The van der Waals surface area contributed by atoms with E-state index in [2.05, 4.69) is 10.00 Å².